The van der Waals surface area contributed by atoms with Gasteiger partial charge in [0, 0.05) is 11.1 Å². The molecule has 3 nitrogen and oxygen atoms in total. The Kier molecular flexibility index (Phi) is 3.84. The molecule has 0 spiro atoms. The van der Waals surface area contributed by atoms with Crippen LogP contribution in [0.5, 0.6) is 0 Å². The standard InChI is InChI=1S/C26H15ClO3S/c27-22-14-13-21-17-9-3-6-12-20(17)24(25(21)26(22)31(28,29)30)23-18-10-4-1-7-15(18)16-8-2-5-11-19(16)23/h1-14H,(H,28,29,30). The minimum absolute atomic E-state index is 0.00623. The van der Waals surface area contributed by atoms with Crippen molar-refractivity contribution in [3.63, 3.8) is 0 Å². The second kappa shape index (κ2) is 6.41. The van der Waals surface area contributed by atoms with Crippen molar-refractivity contribution in [1.82, 2.24) is 0 Å². The number of fused-ring (bicyclic) bond motifs is 6. The number of hydrogen-bond acceptors (Lipinski definition) is 2. The average Bonchev–Trinajstić information content (AvgIpc) is 3.25. The Hall–Kier alpha value is -3.18. The monoisotopic (exact) mass is 442 g/mol. The highest BCUT2D eigenvalue weighted by Crippen LogP contribution is 2.55. The van der Waals surface area contributed by atoms with Gasteiger partial charge in [0.2, 0.25) is 0 Å². The Morgan fingerprint density at radius 1 is 0.548 bits per heavy atom. The number of rotatable bonds is 1. The molecular weight excluding hydrogens is 428 g/mol. The van der Waals surface area contributed by atoms with Crippen molar-refractivity contribution in [2.45, 2.75) is 4.90 Å². The lowest BCUT2D eigenvalue weighted by atomic mass is 9.91. The first kappa shape index (κ1) is 18.6. The fraction of sp³-hybridized carbons (Fsp3) is 0. The molecule has 0 heterocycles. The first-order valence-electron chi connectivity index (χ1n) is 9.80. The first-order valence-corrected chi connectivity index (χ1v) is 11.6. The zero-order valence-electron chi connectivity index (χ0n) is 16.1. The normalized spacial score (nSPS) is 13.6. The fourth-order valence-electron chi connectivity index (χ4n) is 4.90. The van der Waals surface area contributed by atoms with Crippen LogP contribution in [-0.2, 0) is 10.1 Å². The molecule has 0 fully saturated rings. The summed E-state index contributed by atoms with van der Waals surface area (Å²) in [6, 6.07) is 27.4. The van der Waals surface area contributed by atoms with Crippen LogP contribution in [-0.4, -0.2) is 13.0 Å². The van der Waals surface area contributed by atoms with Crippen LogP contribution in [0.1, 0.15) is 22.3 Å². The maximum absolute atomic E-state index is 12.5. The zero-order valence-corrected chi connectivity index (χ0v) is 17.7. The maximum Gasteiger partial charge on any atom is 0.296 e. The van der Waals surface area contributed by atoms with Crippen molar-refractivity contribution in [2.75, 3.05) is 0 Å². The molecule has 0 radical (unpaired) electrons. The molecule has 2 aliphatic carbocycles. The van der Waals surface area contributed by atoms with Crippen LogP contribution < -0.4 is 0 Å². The Balaban J connectivity index is 1.87. The van der Waals surface area contributed by atoms with E-state index in [4.69, 9.17) is 11.6 Å². The molecule has 0 saturated carbocycles. The summed E-state index contributed by atoms with van der Waals surface area (Å²) in [6.07, 6.45) is 0. The van der Waals surface area contributed by atoms with Crippen LogP contribution in [0.15, 0.2) is 89.8 Å². The van der Waals surface area contributed by atoms with Gasteiger partial charge in [-0.15, -0.1) is 0 Å². The van der Waals surface area contributed by atoms with Gasteiger partial charge in [-0.1, -0.05) is 90.5 Å². The highest BCUT2D eigenvalue weighted by atomic mass is 35.5. The molecule has 0 atom stereocenters. The molecule has 4 aromatic carbocycles. The number of hydrogen-bond donors (Lipinski definition) is 1. The minimum atomic E-state index is -4.56. The minimum Gasteiger partial charge on any atom is -0.282 e. The van der Waals surface area contributed by atoms with E-state index >= 15 is 0 Å². The lowest BCUT2D eigenvalue weighted by Crippen LogP contribution is -2.04. The van der Waals surface area contributed by atoms with E-state index in [9.17, 15) is 13.0 Å². The molecule has 0 bridgehead atoms. The van der Waals surface area contributed by atoms with Gasteiger partial charge in [0.1, 0.15) is 4.90 Å². The molecule has 0 aromatic heterocycles. The Morgan fingerprint density at radius 2 is 0.968 bits per heavy atom. The van der Waals surface area contributed by atoms with Gasteiger partial charge in [-0.3, -0.25) is 4.55 Å². The summed E-state index contributed by atoms with van der Waals surface area (Å²) in [5.74, 6) is 0. The summed E-state index contributed by atoms with van der Waals surface area (Å²) in [5, 5.41) is 0.00623. The van der Waals surface area contributed by atoms with Gasteiger partial charge in [-0.2, -0.15) is 8.42 Å². The van der Waals surface area contributed by atoms with Crippen LogP contribution in [0.4, 0.5) is 0 Å². The largest absolute Gasteiger partial charge is 0.296 e. The number of halogens is 1. The summed E-state index contributed by atoms with van der Waals surface area (Å²) in [4.78, 5) is -0.243. The molecule has 150 valence electrons. The molecule has 1 N–H and O–H groups in total. The fourth-order valence-corrected chi connectivity index (χ4v) is 6.13. The van der Waals surface area contributed by atoms with Gasteiger partial charge < -0.3 is 0 Å². The quantitative estimate of drug-likeness (QED) is 0.293. The third-order valence-corrected chi connectivity index (χ3v) is 7.40. The van der Waals surface area contributed by atoms with Gasteiger partial charge in [-0.05, 0) is 50.6 Å². The topological polar surface area (TPSA) is 54.4 Å². The van der Waals surface area contributed by atoms with Crippen molar-refractivity contribution in [3.8, 4) is 22.3 Å². The van der Waals surface area contributed by atoms with Crippen LogP contribution in [0.3, 0.4) is 0 Å². The van der Waals surface area contributed by atoms with Crippen molar-refractivity contribution in [3.05, 3.63) is 112 Å². The lowest BCUT2D eigenvalue weighted by Gasteiger charge is -2.14. The predicted molar refractivity (Wildman–Crippen MR) is 124 cm³/mol. The van der Waals surface area contributed by atoms with Gasteiger partial charge >= 0.3 is 0 Å². The van der Waals surface area contributed by atoms with Crippen LogP contribution in [0.2, 0.25) is 5.02 Å². The van der Waals surface area contributed by atoms with E-state index in [0.29, 0.717) is 5.56 Å². The SMILES string of the molecule is O=S(=O)(O)c1c(Cl)ccc2c1C(=C1c3ccccc3-c3ccccc31)c1ccccc1-2. The van der Waals surface area contributed by atoms with Crippen LogP contribution >= 0.6 is 11.6 Å². The van der Waals surface area contributed by atoms with E-state index in [1.54, 1.807) is 0 Å². The average molecular weight is 443 g/mol. The summed E-state index contributed by atoms with van der Waals surface area (Å²) in [5.41, 5.74) is 9.03. The van der Waals surface area contributed by atoms with Crippen LogP contribution in [0.25, 0.3) is 33.4 Å². The van der Waals surface area contributed by atoms with Gasteiger partial charge in [0.05, 0.1) is 5.02 Å². The molecule has 2 aliphatic rings. The summed E-state index contributed by atoms with van der Waals surface area (Å²) in [7, 11) is -4.56. The van der Waals surface area contributed by atoms with Gasteiger partial charge in [0.15, 0.2) is 0 Å². The summed E-state index contributed by atoms with van der Waals surface area (Å²) < 4.78 is 35.1. The van der Waals surface area contributed by atoms with E-state index < -0.39 is 10.1 Å². The summed E-state index contributed by atoms with van der Waals surface area (Å²) in [6.45, 7) is 0. The predicted octanol–water partition coefficient (Wildman–Crippen LogP) is 6.55. The molecule has 5 heteroatoms. The van der Waals surface area contributed by atoms with Crippen molar-refractivity contribution in [1.29, 1.82) is 0 Å². The van der Waals surface area contributed by atoms with Gasteiger partial charge in [0.25, 0.3) is 10.1 Å². The Bertz CT molecular complexity index is 1520. The first-order chi connectivity index (χ1) is 15.0. The van der Waals surface area contributed by atoms with E-state index in [1.165, 1.54) is 6.07 Å². The lowest BCUT2D eigenvalue weighted by molar-refractivity contribution is 0.483. The molecule has 0 saturated heterocycles. The van der Waals surface area contributed by atoms with Crippen molar-refractivity contribution < 1.29 is 13.0 Å². The van der Waals surface area contributed by atoms with Crippen molar-refractivity contribution in [2.24, 2.45) is 0 Å². The highest BCUT2D eigenvalue weighted by molar-refractivity contribution is 7.86. The van der Waals surface area contributed by atoms with E-state index in [-0.39, 0.29) is 9.92 Å². The third kappa shape index (κ3) is 2.53. The smallest absolute Gasteiger partial charge is 0.282 e. The zero-order chi connectivity index (χ0) is 21.3. The Labute approximate surface area is 185 Å². The van der Waals surface area contributed by atoms with Crippen molar-refractivity contribution >= 4 is 32.9 Å². The molecule has 0 aliphatic heterocycles. The molecule has 6 rings (SSSR count). The van der Waals surface area contributed by atoms with Crippen LogP contribution in [0, 0.1) is 0 Å². The summed E-state index contributed by atoms with van der Waals surface area (Å²) >= 11 is 6.35. The second-order valence-corrected chi connectivity index (χ2v) is 9.43. The van der Waals surface area contributed by atoms with E-state index in [1.807, 2.05) is 54.6 Å². The number of benzene rings is 4. The molecule has 0 unspecified atom stereocenters. The van der Waals surface area contributed by atoms with Gasteiger partial charge in [-0.25, -0.2) is 0 Å². The molecule has 0 amide bonds. The molecule has 31 heavy (non-hydrogen) atoms. The second-order valence-electron chi connectivity index (χ2n) is 7.66. The molecule has 4 aromatic rings. The van der Waals surface area contributed by atoms with E-state index in [0.717, 1.165) is 50.1 Å². The Morgan fingerprint density at radius 3 is 1.45 bits per heavy atom. The maximum atomic E-state index is 12.5. The highest BCUT2D eigenvalue weighted by Gasteiger charge is 2.36. The molecular formula is C26H15ClO3S. The third-order valence-electron chi connectivity index (χ3n) is 6.04. The van der Waals surface area contributed by atoms with E-state index in [2.05, 4.69) is 24.3 Å².